The van der Waals surface area contributed by atoms with Gasteiger partial charge in [0, 0.05) is 5.69 Å². The fraction of sp³-hybridized carbons (Fsp3) is 0.0625. The Balaban J connectivity index is 1.88. The zero-order valence-corrected chi connectivity index (χ0v) is 13.2. The molecule has 1 N–H and O–H groups in total. The fourth-order valence-electron chi connectivity index (χ4n) is 2.21. The van der Waals surface area contributed by atoms with Gasteiger partial charge in [0.25, 0.3) is 5.91 Å². The van der Waals surface area contributed by atoms with E-state index < -0.39 is 17.6 Å². The van der Waals surface area contributed by atoms with Crippen LogP contribution in [-0.2, 0) is 6.18 Å². The molecule has 1 heterocycles. The third kappa shape index (κ3) is 3.63. The lowest BCUT2D eigenvalue weighted by atomic mass is 10.1. The van der Waals surface area contributed by atoms with Crippen molar-refractivity contribution in [1.29, 1.82) is 0 Å². The van der Waals surface area contributed by atoms with E-state index in [0.717, 1.165) is 6.07 Å². The van der Waals surface area contributed by atoms with Crippen molar-refractivity contribution in [2.75, 3.05) is 5.32 Å². The Morgan fingerprint density at radius 2 is 1.76 bits per heavy atom. The molecule has 0 aliphatic rings. The topological polar surface area (TPSA) is 59.8 Å². The van der Waals surface area contributed by atoms with Crippen LogP contribution in [0.5, 0.6) is 0 Å². The molecule has 0 saturated carbocycles. The van der Waals surface area contributed by atoms with E-state index in [4.69, 9.17) is 11.6 Å². The molecule has 1 amide bonds. The smallest absolute Gasteiger partial charge is 0.321 e. The molecule has 3 rings (SSSR count). The number of carbonyl (C=O) groups excluding carboxylic acids is 1. The molecule has 9 heteroatoms. The van der Waals surface area contributed by atoms with E-state index in [2.05, 4.69) is 15.5 Å². The highest BCUT2D eigenvalue weighted by Crippen LogP contribution is 2.35. The molecule has 5 nitrogen and oxygen atoms in total. The first-order valence-corrected chi connectivity index (χ1v) is 7.36. The summed E-state index contributed by atoms with van der Waals surface area (Å²) in [6.45, 7) is 0. The van der Waals surface area contributed by atoms with Gasteiger partial charge in [-0.3, -0.25) is 9.36 Å². The van der Waals surface area contributed by atoms with Gasteiger partial charge in [-0.25, -0.2) is 0 Å². The number of aromatic nitrogens is 3. The predicted octanol–water partition coefficient (Wildman–Crippen LogP) is 4.19. The summed E-state index contributed by atoms with van der Waals surface area (Å²) < 4.78 is 40.6. The SMILES string of the molecule is O=C(Nc1ccccc1C(F)(F)F)c1ccc(-n2cnnc2)cc1Cl. The molecule has 0 unspecified atom stereocenters. The summed E-state index contributed by atoms with van der Waals surface area (Å²) in [4.78, 5) is 12.3. The van der Waals surface area contributed by atoms with Crippen LogP contribution in [0.25, 0.3) is 5.69 Å². The van der Waals surface area contributed by atoms with E-state index in [1.54, 1.807) is 10.6 Å². The van der Waals surface area contributed by atoms with E-state index in [1.807, 2.05) is 0 Å². The third-order valence-corrected chi connectivity index (χ3v) is 3.71. The molecule has 1 aromatic heterocycles. The monoisotopic (exact) mass is 366 g/mol. The maximum atomic E-state index is 13.0. The van der Waals surface area contributed by atoms with Crippen molar-refractivity contribution in [2.24, 2.45) is 0 Å². The average molecular weight is 367 g/mol. The lowest BCUT2D eigenvalue weighted by Crippen LogP contribution is -2.17. The van der Waals surface area contributed by atoms with Gasteiger partial charge < -0.3 is 5.32 Å². The number of rotatable bonds is 3. The second-order valence-corrected chi connectivity index (χ2v) is 5.44. The number of nitrogens with zero attached hydrogens (tertiary/aromatic N) is 3. The highest BCUT2D eigenvalue weighted by atomic mass is 35.5. The molecule has 0 atom stereocenters. The maximum Gasteiger partial charge on any atom is 0.418 e. The van der Waals surface area contributed by atoms with E-state index >= 15 is 0 Å². The standard InChI is InChI=1S/C16H10ClF3N4O/c17-13-7-10(24-8-21-22-9-24)5-6-11(13)15(25)23-14-4-2-1-3-12(14)16(18,19)20/h1-9H,(H,23,25). The van der Waals surface area contributed by atoms with Gasteiger partial charge >= 0.3 is 6.18 Å². The molecule has 0 fully saturated rings. The maximum absolute atomic E-state index is 13.0. The molecule has 128 valence electrons. The minimum atomic E-state index is -4.58. The first kappa shape index (κ1) is 17.0. The molecule has 0 saturated heterocycles. The summed E-state index contributed by atoms with van der Waals surface area (Å²) in [6.07, 6.45) is -1.68. The molecular weight excluding hydrogens is 357 g/mol. The second-order valence-electron chi connectivity index (χ2n) is 5.03. The van der Waals surface area contributed by atoms with E-state index in [9.17, 15) is 18.0 Å². The zero-order valence-electron chi connectivity index (χ0n) is 12.5. The van der Waals surface area contributed by atoms with Crippen LogP contribution in [0.1, 0.15) is 15.9 Å². The number of nitrogens with one attached hydrogen (secondary N) is 1. The van der Waals surface area contributed by atoms with Crippen molar-refractivity contribution in [3.8, 4) is 5.69 Å². The van der Waals surface area contributed by atoms with E-state index in [-0.39, 0.29) is 16.3 Å². The second kappa shape index (κ2) is 6.56. The fourth-order valence-corrected chi connectivity index (χ4v) is 2.47. The highest BCUT2D eigenvalue weighted by molar-refractivity contribution is 6.34. The number of hydrogen-bond donors (Lipinski definition) is 1. The van der Waals surface area contributed by atoms with E-state index in [0.29, 0.717) is 5.69 Å². The Kier molecular flexibility index (Phi) is 4.45. The van der Waals surface area contributed by atoms with Crippen molar-refractivity contribution in [3.63, 3.8) is 0 Å². The first-order valence-electron chi connectivity index (χ1n) is 6.98. The van der Waals surface area contributed by atoms with Crippen molar-refractivity contribution >= 4 is 23.2 Å². The van der Waals surface area contributed by atoms with Crippen LogP contribution >= 0.6 is 11.6 Å². The minimum absolute atomic E-state index is 0.0514. The van der Waals surface area contributed by atoms with Crippen LogP contribution in [0.15, 0.2) is 55.1 Å². The quantitative estimate of drug-likeness (QED) is 0.756. The molecule has 0 aliphatic carbocycles. The number of anilines is 1. The van der Waals surface area contributed by atoms with Crippen LogP contribution in [0.3, 0.4) is 0 Å². The molecule has 25 heavy (non-hydrogen) atoms. The third-order valence-electron chi connectivity index (χ3n) is 3.39. The van der Waals surface area contributed by atoms with Crippen LogP contribution in [0.2, 0.25) is 5.02 Å². The Hall–Kier alpha value is -2.87. The summed E-state index contributed by atoms with van der Waals surface area (Å²) in [7, 11) is 0. The van der Waals surface area contributed by atoms with Crippen LogP contribution in [0.4, 0.5) is 18.9 Å². The largest absolute Gasteiger partial charge is 0.418 e. The van der Waals surface area contributed by atoms with Gasteiger partial charge in [0.2, 0.25) is 0 Å². The number of benzene rings is 2. The Bertz CT molecular complexity index is 910. The van der Waals surface area contributed by atoms with Gasteiger partial charge in [-0.2, -0.15) is 13.2 Å². The van der Waals surface area contributed by atoms with Gasteiger partial charge in [0.05, 0.1) is 21.8 Å². The van der Waals surface area contributed by atoms with Gasteiger partial charge in [-0.15, -0.1) is 10.2 Å². The normalized spacial score (nSPS) is 11.4. The zero-order chi connectivity index (χ0) is 18.0. The van der Waals surface area contributed by atoms with Crippen molar-refractivity contribution in [3.05, 3.63) is 71.3 Å². The Morgan fingerprint density at radius 1 is 1.08 bits per heavy atom. The summed E-state index contributed by atoms with van der Waals surface area (Å²) >= 11 is 6.10. The lowest BCUT2D eigenvalue weighted by Gasteiger charge is -2.14. The average Bonchev–Trinajstić information content (AvgIpc) is 3.08. The molecule has 0 bridgehead atoms. The van der Waals surface area contributed by atoms with Gasteiger partial charge in [-0.1, -0.05) is 23.7 Å². The molecular formula is C16H10ClF3N4O. The van der Waals surface area contributed by atoms with Crippen LogP contribution in [-0.4, -0.2) is 20.7 Å². The number of para-hydroxylation sites is 1. The molecule has 0 radical (unpaired) electrons. The first-order chi connectivity index (χ1) is 11.9. The summed E-state index contributed by atoms with van der Waals surface area (Å²) in [5.74, 6) is -0.739. The lowest BCUT2D eigenvalue weighted by molar-refractivity contribution is -0.136. The number of alkyl halides is 3. The minimum Gasteiger partial charge on any atom is -0.321 e. The van der Waals surface area contributed by atoms with E-state index in [1.165, 1.54) is 43.0 Å². The van der Waals surface area contributed by atoms with Crippen LogP contribution in [0, 0.1) is 0 Å². The summed E-state index contributed by atoms with van der Waals surface area (Å²) in [5, 5.41) is 9.66. The molecule has 0 spiro atoms. The van der Waals surface area contributed by atoms with Crippen molar-refractivity contribution in [1.82, 2.24) is 14.8 Å². The molecule has 0 aliphatic heterocycles. The summed E-state index contributed by atoms with van der Waals surface area (Å²) in [6, 6.07) is 9.23. The number of halogens is 4. The van der Waals surface area contributed by atoms with Crippen molar-refractivity contribution < 1.29 is 18.0 Å². The van der Waals surface area contributed by atoms with Gasteiger partial charge in [0.15, 0.2) is 0 Å². The van der Waals surface area contributed by atoms with Crippen molar-refractivity contribution in [2.45, 2.75) is 6.18 Å². The number of amides is 1. The number of hydrogen-bond acceptors (Lipinski definition) is 3. The van der Waals surface area contributed by atoms with Crippen LogP contribution < -0.4 is 5.32 Å². The Morgan fingerprint density at radius 3 is 2.40 bits per heavy atom. The van der Waals surface area contributed by atoms with Gasteiger partial charge in [0.1, 0.15) is 12.7 Å². The van der Waals surface area contributed by atoms with Gasteiger partial charge in [-0.05, 0) is 30.3 Å². The highest BCUT2D eigenvalue weighted by Gasteiger charge is 2.33. The number of carbonyl (C=O) groups is 1. The molecule has 2 aromatic carbocycles. The predicted molar refractivity (Wildman–Crippen MR) is 85.8 cm³/mol. The summed E-state index contributed by atoms with van der Waals surface area (Å²) in [5.41, 5.74) is -0.600. The Labute approximate surface area is 145 Å². The molecule has 3 aromatic rings.